The standard InChI is InChI=1S/C17H16N2O5/c1-17(11-23-2)10-14(18-8-4-3-5-16(18)20)13-9-12(19(21)22)6-7-15(13)24-17/h3-10H,11H2,1-2H3. The maximum Gasteiger partial charge on any atom is 0.270 e. The third-order valence-electron chi connectivity index (χ3n) is 3.75. The predicted octanol–water partition coefficient (Wildman–Crippen LogP) is 2.44. The molecule has 1 aromatic carbocycles. The zero-order valence-electron chi connectivity index (χ0n) is 13.3. The molecule has 1 unspecified atom stereocenters. The Morgan fingerprint density at radius 1 is 1.33 bits per heavy atom. The SMILES string of the molecule is COCC1(C)C=C(n2ccccc2=O)c2cc([N+](=O)[O-])ccc2O1. The monoisotopic (exact) mass is 328 g/mol. The Balaban J connectivity index is 2.24. The molecular weight excluding hydrogens is 312 g/mol. The largest absolute Gasteiger partial charge is 0.480 e. The number of aromatic nitrogens is 1. The summed E-state index contributed by atoms with van der Waals surface area (Å²) in [7, 11) is 1.56. The molecule has 1 aliphatic rings. The van der Waals surface area contributed by atoms with E-state index in [1.54, 1.807) is 37.6 Å². The molecule has 0 radical (unpaired) electrons. The smallest absolute Gasteiger partial charge is 0.270 e. The normalized spacial score (nSPS) is 19.2. The summed E-state index contributed by atoms with van der Waals surface area (Å²) >= 11 is 0. The van der Waals surface area contributed by atoms with Crippen molar-refractivity contribution in [1.29, 1.82) is 0 Å². The molecule has 2 aromatic rings. The minimum atomic E-state index is -0.789. The molecule has 1 aliphatic heterocycles. The van der Waals surface area contributed by atoms with E-state index in [0.29, 0.717) is 17.0 Å². The average Bonchev–Trinajstić information content (AvgIpc) is 2.54. The summed E-state index contributed by atoms with van der Waals surface area (Å²) in [6, 6.07) is 9.13. The van der Waals surface area contributed by atoms with E-state index >= 15 is 0 Å². The number of fused-ring (bicyclic) bond motifs is 1. The average molecular weight is 328 g/mol. The highest BCUT2D eigenvalue weighted by molar-refractivity contribution is 5.75. The van der Waals surface area contributed by atoms with E-state index in [9.17, 15) is 14.9 Å². The summed E-state index contributed by atoms with van der Waals surface area (Å²) in [4.78, 5) is 22.8. The molecule has 3 rings (SSSR count). The summed E-state index contributed by atoms with van der Waals surface area (Å²) in [5, 5.41) is 11.1. The number of ether oxygens (including phenoxy) is 2. The number of methoxy groups -OCH3 is 1. The highest BCUT2D eigenvalue weighted by atomic mass is 16.6. The first-order chi connectivity index (χ1) is 11.4. The van der Waals surface area contributed by atoms with Gasteiger partial charge in [0, 0.05) is 37.1 Å². The lowest BCUT2D eigenvalue weighted by atomic mass is 9.97. The van der Waals surface area contributed by atoms with Gasteiger partial charge in [0.15, 0.2) is 0 Å². The van der Waals surface area contributed by atoms with Crippen molar-refractivity contribution in [3.8, 4) is 5.75 Å². The molecule has 0 spiro atoms. The highest BCUT2D eigenvalue weighted by Gasteiger charge is 2.33. The van der Waals surface area contributed by atoms with E-state index in [4.69, 9.17) is 9.47 Å². The van der Waals surface area contributed by atoms with Crippen LogP contribution in [0.5, 0.6) is 5.75 Å². The van der Waals surface area contributed by atoms with Crippen LogP contribution in [0.15, 0.2) is 53.5 Å². The molecule has 0 fully saturated rings. The summed E-state index contributed by atoms with van der Waals surface area (Å²) < 4.78 is 12.6. The van der Waals surface area contributed by atoms with Crippen molar-refractivity contribution in [2.75, 3.05) is 13.7 Å². The van der Waals surface area contributed by atoms with Gasteiger partial charge in [0.1, 0.15) is 11.4 Å². The lowest BCUT2D eigenvalue weighted by Gasteiger charge is -2.33. The van der Waals surface area contributed by atoms with Crippen LogP contribution in [-0.4, -0.2) is 28.8 Å². The first kappa shape index (κ1) is 15.9. The summed E-state index contributed by atoms with van der Waals surface area (Å²) in [6.07, 6.45) is 3.37. The van der Waals surface area contributed by atoms with Gasteiger partial charge < -0.3 is 9.47 Å². The number of benzene rings is 1. The van der Waals surface area contributed by atoms with E-state index < -0.39 is 10.5 Å². The van der Waals surface area contributed by atoms with Gasteiger partial charge in [-0.3, -0.25) is 19.5 Å². The minimum absolute atomic E-state index is 0.0671. The molecule has 0 aliphatic carbocycles. The number of hydrogen-bond acceptors (Lipinski definition) is 5. The Labute approximate surface area is 137 Å². The maximum absolute atomic E-state index is 12.2. The quantitative estimate of drug-likeness (QED) is 0.636. The second kappa shape index (κ2) is 5.93. The molecule has 7 heteroatoms. The number of non-ortho nitro benzene ring substituents is 1. The van der Waals surface area contributed by atoms with Crippen molar-refractivity contribution in [3.63, 3.8) is 0 Å². The Hall–Kier alpha value is -2.93. The first-order valence-corrected chi connectivity index (χ1v) is 7.31. The minimum Gasteiger partial charge on any atom is -0.480 e. The van der Waals surface area contributed by atoms with Crippen molar-refractivity contribution in [2.24, 2.45) is 0 Å². The number of hydrogen-bond donors (Lipinski definition) is 0. The zero-order valence-corrected chi connectivity index (χ0v) is 13.3. The van der Waals surface area contributed by atoms with Crippen LogP contribution in [0.4, 0.5) is 5.69 Å². The number of rotatable bonds is 4. The summed E-state index contributed by atoms with van der Waals surface area (Å²) in [6.45, 7) is 2.10. The molecule has 0 bridgehead atoms. The fourth-order valence-corrected chi connectivity index (χ4v) is 2.75. The molecule has 0 saturated carbocycles. The summed E-state index contributed by atoms with van der Waals surface area (Å²) in [5.41, 5.74) is -0.0655. The molecule has 24 heavy (non-hydrogen) atoms. The highest BCUT2D eigenvalue weighted by Crippen LogP contribution is 2.38. The van der Waals surface area contributed by atoms with E-state index in [-0.39, 0.29) is 17.9 Å². The molecule has 7 nitrogen and oxygen atoms in total. The van der Waals surface area contributed by atoms with Crippen LogP contribution < -0.4 is 10.3 Å². The third kappa shape index (κ3) is 2.81. The van der Waals surface area contributed by atoms with Gasteiger partial charge in [-0.2, -0.15) is 0 Å². The predicted molar refractivity (Wildman–Crippen MR) is 88.1 cm³/mol. The van der Waals surface area contributed by atoms with Crippen molar-refractivity contribution in [3.05, 3.63) is 74.7 Å². The molecule has 0 N–H and O–H groups in total. The number of nitro benzene ring substituents is 1. The topological polar surface area (TPSA) is 83.6 Å². The van der Waals surface area contributed by atoms with Gasteiger partial charge in [-0.25, -0.2) is 0 Å². The zero-order chi connectivity index (χ0) is 17.3. The Morgan fingerprint density at radius 2 is 2.12 bits per heavy atom. The molecule has 1 aromatic heterocycles. The molecule has 0 amide bonds. The summed E-state index contributed by atoms with van der Waals surface area (Å²) in [5.74, 6) is 0.466. The van der Waals surface area contributed by atoms with Crippen LogP contribution >= 0.6 is 0 Å². The van der Waals surface area contributed by atoms with Crippen LogP contribution in [0, 0.1) is 10.1 Å². The van der Waals surface area contributed by atoms with E-state index in [1.807, 2.05) is 6.92 Å². The van der Waals surface area contributed by atoms with Crippen LogP contribution in [-0.2, 0) is 4.74 Å². The van der Waals surface area contributed by atoms with Gasteiger partial charge in [0.05, 0.1) is 17.2 Å². The lowest BCUT2D eigenvalue weighted by molar-refractivity contribution is -0.384. The molecular formula is C17H16N2O5. The van der Waals surface area contributed by atoms with Crippen molar-refractivity contribution < 1.29 is 14.4 Å². The van der Waals surface area contributed by atoms with Gasteiger partial charge in [-0.05, 0) is 25.1 Å². The molecule has 1 atom stereocenters. The van der Waals surface area contributed by atoms with Crippen LogP contribution in [0.3, 0.4) is 0 Å². The first-order valence-electron chi connectivity index (χ1n) is 7.31. The van der Waals surface area contributed by atoms with Gasteiger partial charge in [0.2, 0.25) is 0 Å². The Kier molecular flexibility index (Phi) is 3.94. The molecule has 2 heterocycles. The molecule has 124 valence electrons. The van der Waals surface area contributed by atoms with Crippen LogP contribution in [0.1, 0.15) is 12.5 Å². The Bertz CT molecular complexity index is 887. The second-order valence-corrected chi connectivity index (χ2v) is 5.72. The number of pyridine rings is 1. The van der Waals surface area contributed by atoms with E-state index in [1.165, 1.54) is 22.8 Å². The van der Waals surface area contributed by atoms with Gasteiger partial charge >= 0.3 is 0 Å². The van der Waals surface area contributed by atoms with Gasteiger partial charge in [-0.15, -0.1) is 0 Å². The lowest BCUT2D eigenvalue weighted by Crippen LogP contribution is -2.39. The number of nitro groups is 1. The Morgan fingerprint density at radius 3 is 2.79 bits per heavy atom. The van der Waals surface area contributed by atoms with Gasteiger partial charge in [0.25, 0.3) is 11.2 Å². The van der Waals surface area contributed by atoms with Gasteiger partial charge in [-0.1, -0.05) is 6.07 Å². The number of nitrogens with zero attached hydrogens (tertiary/aromatic N) is 2. The van der Waals surface area contributed by atoms with Crippen LogP contribution in [0.25, 0.3) is 5.70 Å². The third-order valence-corrected chi connectivity index (χ3v) is 3.75. The van der Waals surface area contributed by atoms with Crippen molar-refractivity contribution in [1.82, 2.24) is 4.57 Å². The van der Waals surface area contributed by atoms with E-state index in [0.717, 1.165) is 0 Å². The van der Waals surface area contributed by atoms with Crippen LogP contribution in [0.2, 0.25) is 0 Å². The fraction of sp³-hybridized carbons (Fsp3) is 0.235. The van der Waals surface area contributed by atoms with Crippen molar-refractivity contribution >= 4 is 11.4 Å². The second-order valence-electron chi connectivity index (χ2n) is 5.72. The van der Waals surface area contributed by atoms with E-state index in [2.05, 4.69) is 0 Å². The maximum atomic E-state index is 12.2. The van der Waals surface area contributed by atoms with Crippen molar-refractivity contribution in [2.45, 2.75) is 12.5 Å². The molecule has 0 saturated heterocycles. The fourth-order valence-electron chi connectivity index (χ4n) is 2.75.